The minimum Gasteiger partial charge on any atom is -0.383 e. The molecule has 0 bridgehead atoms. The normalized spacial score (nSPS) is 17.3. The van der Waals surface area contributed by atoms with Crippen LogP contribution >= 0.6 is 11.6 Å². The van der Waals surface area contributed by atoms with E-state index in [0.29, 0.717) is 5.95 Å². The molecule has 6 nitrogen and oxygen atoms in total. The number of nitrogens with one attached hydrogen (secondary N) is 1. The zero-order valence-corrected chi connectivity index (χ0v) is 23.8. The Hall–Kier alpha value is -3.29. The van der Waals surface area contributed by atoms with Gasteiger partial charge in [0.1, 0.15) is 0 Å². The van der Waals surface area contributed by atoms with E-state index in [1.54, 1.807) is 7.11 Å². The smallest absolute Gasteiger partial charge is 0.227 e. The molecule has 2 aliphatic rings. The number of halogens is 1. The number of piperazine rings is 1. The summed E-state index contributed by atoms with van der Waals surface area (Å²) in [6.07, 6.45) is 3.90. The highest BCUT2D eigenvalue weighted by molar-refractivity contribution is 6.30. The second-order valence-corrected chi connectivity index (χ2v) is 11.1. The molecule has 0 amide bonds. The molecule has 3 aromatic carbocycles. The number of benzene rings is 3. The predicted octanol–water partition coefficient (Wildman–Crippen LogP) is 6.04. The summed E-state index contributed by atoms with van der Waals surface area (Å²) in [5.74, 6) is 0.882. The Labute approximate surface area is 242 Å². The third-order valence-electron chi connectivity index (χ3n) is 8.16. The Balaban J connectivity index is 1.09. The highest BCUT2D eigenvalue weighted by atomic mass is 35.5. The second-order valence-electron chi connectivity index (χ2n) is 10.7. The van der Waals surface area contributed by atoms with Crippen molar-refractivity contribution in [2.75, 3.05) is 58.3 Å². The number of methoxy groups -OCH3 is 1. The van der Waals surface area contributed by atoms with E-state index in [0.717, 1.165) is 75.1 Å². The molecule has 1 saturated heterocycles. The fourth-order valence-corrected chi connectivity index (χ4v) is 5.94. The molecular formula is C33H36ClN5O. The maximum atomic E-state index is 6.16. The molecular weight excluding hydrogens is 518 g/mol. The molecule has 0 saturated carbocycles. The van der Waals surface area contributed by atoms with E-state index < -0.39 is 0 Å². The van der Waals surface area contributed by atoms with E-state index in [9.17, 15) is 0 Å². The minimum absolute atomic E-state index is 0.260. The number of hydrogen-bond donors (Lipinski definition) is 1. The van der Waals surface area contributed by atoms with Crippen LogP contribution in [0.5, 0.6) is 0 Å². The van der Waals surface area contributed by atoms with E-state index in [2.05, 4.69) is 80.8 Å². The maximum Gasteiger partial charge on any atom is 0.227 e. The van der Waals surface area contributed by atoms with Crippen LogP contribution in [0.25, 0.3) is 11.3 Å². The molecule has 206 valence electrons. The monoisotopic (exact) mass is 553 g/mol. The third kappa shape index (κ3) is 6.21. The van der Waals surface area contributed by atoms with Crippen molar-refractivity contribution >= 4 is 23.2 Å². The van der Waals surface area contributed by atoms with Gasteiger partial charge in [0.05, 0.1) is 12.3 Å². The van der Waals surface area contributed by atoms with Crippen molar-refractivity contribution in [2.24, 2.45) is 0 Å². The van der Waals surface area contributed by atoms with Gasteiger partial charge >= 0.3 is 0 Å². The summed E-state index contributed by atoms with van der Waals surface area (Å²) in [4.78, 5) is 14.7. The minimum atomic E-state index is 0.260. The number of nitrogens with zero attached hydrogens (tertiary/aromatic N) is 4. The second kappa shape index (κ2) is 12.5. The number of rotatable bonds is 9. The predicted molar refractivity (Wildman–Crippen MR) is 163 cm³/mol. The van der Waals surface area contributed by atoms with Crippen LogP contribution in [0.15, 0.2) is 79.0 Å². The van der Waals surface area contributed by atoms with E-state index in [1.165, 1.54) is 27.8 Å². The van der Waals surface area contributed by atoms with Crippen LogP contribution < -0.4 is 5.32 Å². The summed E-state index contributed by atoms with van der Waals surface area (Å²) >= 11 is 6.16. The molecule has 4 aromatic rings. The number of aromatic nitrogens is 2. The average molecular weight is 554 g/mol. The average Bonchev–Trinajstić information content (AvgIpc) is 3.00. The molecule has 1 N–H and O–H groups in total. The Kier molecular flexibility index (Phi) is 8.40. The van der Waals surface area contributed by atoms with Crippen molar-refractivity contribution in [1.29, 1.82) is 0 Å². The summed E-state index contributed by atoms with van der Waals surface area (Å²) in [7, 11) is 1.77. The first kappa shape index (κ1) is 26.9. The number of ether oxygens (including phenoxy) is 1. The van der Waals surface area contributed by atoms with Gasteiger partial charge in [0.15, 0.2) is 0 Å². The summed E-state index contributed by atoms with van der Waals surface area (Å²) < 4.78 is 5.21. The highest BCUT2D eigenvalue weighted by Crippen LogP contribution is 2.42. The van der Waals surface area contributed by atoms with Gasteiger partial charge in [-0.15, -0.1) is 0 Å². The first-order chi connectivity index (χ1) is 19.7. The SMILES string of the molecule is COCCN1CCN(CCc2ccc(Nc3ncc4c(n3)-c3ccccc3C(c3ccc(Cl)cc3)C4)cc2)CC1. The van der Waals surface area contributed by atoms with E-state index in [-0.39, 0.29) is 5.92 Å². The molecule has 1 atom stereocenters. The van der Waals surface area contributed by atoms with Crippen molar-refractivity contribution in [3.63, 3.8) is 0 Å². The van der Waals surface area contributed by atoms with Crippen LogP contribution in [0, 0.1) is 0 Å². The lowest BCUT2D eigenvalue weighted by atomic mass is 9.78. The molecule has 2 heterocycles. The van der Waals surface area contributed by atoms with Gasteiger partial charge in [-0.05, 0) is 59.4 Å². The first-order valence-corrected chi connectivity index (χ1v) is 14.5. The van der Waals surface area contributed by atoms with Gasteiger partial charge in [-0.2, -0.15) is 0 Å². The summed E-state index contributed by atoms with van der Waals surface area (Å²) in [6.45, 7) is 7.44. The lowest BCUT2D eigenvalue weighted by Crippen LogP contribution is -2.47. The quantitative estimate of drug-likeness (QED) is 0.273. The zero-order chi connectivity index (χ0) is 27.3. The zero-order valence-electron chi connectivity index (χ0n) is 23.0. The largest absolute Gasteiger partial charge is 0.383 e. The summed E-state index contributed by atoms with van der Waals surface area (Å²) in [6, 6.07) is 25.4. The van der Waals surface area contributed by atoms with Crippen LogP contribution in [-0.2, 0) is 17.6 Å². The van der Waals surface area contributed by atoms with Gasteiger partial charge in [-0.1, -0.05) is 60.1 Å². The van der Waals surface area contributed by atoms with Crippen molar-refractivity contribution in [1.82, 2.24) is 19.8 Å². The molecule has 1 fully saturated rings. The van der Waals surface area contributed by atoms with Gasteiger partial charge in [-0.25, -0.2) is 9.97 Å². The molecule has 1 aromatic heterocycles. The lowest BCUT2D eigenvalue weighted by Gasteiger charge is -2.34. The van der Waals surface area contributed by atoms with Gasteiger partial charge in [0.2, 0.25) is 5.95 Å². The van der Waals surface area contributed by atoms with E-state index in [4.69, 9.17) is 21.3 Å². The molecule has 0 spiro atoms. The van der Waals surface area contributed by atoms with Crippen LogP contribution in [0.3, 0.4) is 0 Å². The molecule has 1 unspecified atom stereocenters. The third-order valence-corrected chi connectivity index (χ3v) is 8.41. The number of fused-ring (bicyclic) bond motifs is 3. The maximum absolute atomic E-state index is 6.16. The Bertz CT molecular complexity index is 1420. The van der Waals surface area contributed by atoms with Crippen LogP contribution in [0.2, 0.25) is 5.02 Å². The van der Waals surface area contributed by atoms with Crippen LogP contribution in [-0.4, -0.2) is 72.8 Å². The van der Waals surface area contributed by atoms with Crippen molar-refractivity contribution in [3.8, 4) is 11.3 Å². The number of anilines is 2. The molecule has 7 heteroatoms. The van der Waals surface area contributed by atoms with Crippen LogP contribution in [0.4, 0.5) is 11.6 Å². The molecule has 1 aliphatic heterocycles. The van der Waals surface area contributed by atoms with Gasteiger partial charge < -0.3 is 15.0 Å². The summed E-state index contributed by atoms with van der Waals surface area (Å²) in [5.41, 5.74) is 8.25. The van der Waals surface area contributed by atoms with Crippen molar-refractivity contribution < 1.29 is 4.74 Å². The van der Waals surface area contributed by atoms with E-state index >= 15 is 0 Å². The van der Waals surface area contributed by atoms with Crippen LogP contribution in [0.1, 0.15) is 28.2 Å². The fraction of sp³-hybridized carbons (Fsp3) is 0.333. The van der Waals surface area contributed by atoms with Gasteiger partial charge in [0, 0.05) is 74.8 Å². The Morgan fingerprint density at radius 3 is 2.38 bits per heavy atom. The first-order valence-electron chi connectivity index (χ1n) is 14.2. The van der Waals surface area contributed by atoms with E-state index in [1.807, 2.05) is 18.3 Å². The fourth-order valence-electron chi connectivity index (χ4n) is 5.82. The molecule has 0 radical (unpaired) electrons. The molecule has 40 heavy (non-hydrogen) atoms. The Morgan fingerprint density at radius 2 is 1.62 bits per heavy atom. The van der Waals surface area contributed by atoms with Gasteiger partial charge in [0.25, 0.3) is 0 Å². The number of hydrogen-bond acceptors (Lipinski definition) is 6. The standard InChI is InChI=1S/C33H36ClN5O/c1-40-21-20-39-18-16-38(17-19-39)15-14-24-6-12-28(13-7-24)36-33-35-23-26-22-31(25-8-10-27(34)11-9-25)29-4-2-3-5-30(29)32(26)37-33/h2-13,23,31H,14-22H2,1H3,(H,35,36,37). The van der Waals surface area contributed by atoms with Gasteiger partial charge in [-0.3, -0.25) is 4.90 Å². The Morgan fingerprint density at radius 1 is 0.900 bits per heavy atom. The van der Waals surface area contributed by atoms with Crippen molar-refractivity contribution in [2.45, 2.75) is 18.8 Å². The lowest BCUT2D eigenvalue weighted by molar-refractivity contribution is 0.0976. The summed E-state index contributed by atoms with van der Waals surface area (Å²) in [5, 5.41) is 4.18. The molecule has 1 aliphatic carbocycles. The molecule has 6 rings (SSSR count). The highest BCUT2D eigenvalue weighted by Gasteiger charge is 2.27. The topological polar surface area (TPSA) is 53.5 Å². The van der Waals surface area contributed by atoms with Crippen molar-refractivity contribution in [3.05, 3.63) is 106 Å².